The van der Waals surface area contributed by atoms with Crippen LogP contribution in [0.15, 0.2) is 12.4 Å². The Bertz CT molecular complexity index is 606. The van der Waals surface area contributed by atoms with Crippen LogP contribution in [0.4, 0.5) is 5.82 Å². The number of morpholine rings is 1. The van der Waals surface area contributed by atoms with Gasteiger partial charge in [0.25, 0.3) is 5.78 Å². The van der Waals surface area contributed by atoms with Crippen molar-refractivity contribution in [3.63, 3.8) is 0 Å². The summed E-state index contributed by atoms with van der Waals surface area (Å²) < 4.78 is 7.74. The Morgan fingerprint density at radius 1 is 1.42 bits per heavy atom. The van der Waals surface area contributed by atoms with E-state index >= 15 is 0 Å². The molecule has 0 spiro atoms. The predicted octanol–water partition coefficient (Wildman–Crippen LogP) is 1.44. The average molecular weight is 261 g/mol. The van der Waals surface area contributed by atoms with Gasteiger partial charge in [-0.1, -0.05) is 0 Å². The summed E-state index contributed by atoms with van der Waals surface area (Å²) in [7, 11) is 0. The molecule has 6 heteroatoms. The van der Waals surface area contributed by atoms with E-state index in [0.717, 1.165) is 24.6 Å². The minimum atomic E-state index is -0.165. The lowest BCUT2D eigenvalue weighted by molar-refractivity contribution is -0.0752. The van der Waals surface area contributed by atoms with Gasteiger partial charge in [-0.3, -0.25) is 0 Å². The second-order valence-electron chi connectivity index (χ2n) is 5.80. The zero-order valence-corrected chi connectivity index (χ0v) is 11.8. The normalized spacial score (nSPS) is 22.9. The summed E-state index contributed by atoms with van der Waals surface area (Å²) in [6.07, 6.45) is 1.73. The Kier molecular flexibility index (Phi) is 2.70. The van der Waals surface area contributed by atoms with Crippen LogP contribution in [0.1, 0.15) is 26.5 Å². The van der Waals surface area contributed by atoms with Crippen molar-refractivity contribution in [3.05, 3.63) is 18.1 Å². The molecule has 1 aliphatic rings. The standard InChI is InChI=1S/C13H19N5O/c1-9-5-11(18-12(16-9)14-8-15-18)17-6-10(2)19-13(3,4)7-17/h5,8,10H,6-7H2,1-4H3. The van der Waals surface area contributed by atoms with Gasteiger partial charge in [-0.05, 0) is 27.7 Å². The van der Waals surface area contributed by atoms with E-state index in [2.05, 4.69) is 46.8 Å². The van der Waals surface area contributed by atoms with Crippen LogP contribution in [-0.2, 0) is 4.74 Å². The summed E-state index contributed by atoms with van der Waals surface area (Å²) >= 11 is 0. The van der Waals surface area contributed by atoms with Gasteiger partial charge < -0.3 is 9.64 Å². The summed E-state index contributed by atoms with van der Waals surface area (Å²) in [6.45, 7) is 9.98. The molecule has 0 aromatic carbocycles. The van der Waals surface area contributed by atoms with Crippen LogP contribution in [0.3, 0.4) is 0 Å². The summed E-state index contributed by atoms with van der Waals surface area (Å²) in [5.74, 6) is 1.68. The molecule has 0 bridgehead atoms. The van der Waals surface area contributed by atoms with Crippen molar-refractivity contribution in [3.8, 4) is 0 Å². The third-order valence-electron chi connectivity index (χ3n) is 3.25. The van der Waals surface area contributed by atoms with E-state index in [9.17, 15) is 0 Å². The van der Waals surface area contributed by atoms with Crippen molar-refractivity contribution >= 4 is 11.6 Å². The molecule has 6 nitrogen and oxygen atoms in total. The first-order chi connectivity index (χ1) is 8.94. The fourth-order valence-electron chi connectivity index (χ4n) is 2.76. The Balaban J connectivity index is 2.06. The van der Waals surface area contributed by atoms with Gasteiger partial charge in [-0.25, -0.2) is 4.98 Å². The SMILES string of the molecule is Cc1cc(N2CC(C)OC(C)(C)C2)n2ncnc2n1. The van der Waals surface area contributed by atoms with Crippen LogP contribution in [0, 0.1) is 6.92 Å². The molecule has 1 saturated heterocycles. The number of aryl methyl sites for hydroxylation is 1. The molecule has 3 rings (SSSR count). The van der Waals surface area contributed by atoms with E-state index in [1.54, 1.807) is 10.8 Å². The highest BCUT2D eigenvalue weighted by Gasteiger charge is 2.32. The number of hydrogen-bond donors (Lipinski definition) is 0. The molecule has 2 aromatic heterocycles. The fourth-order valence-corrected chi connectivity index (χ4v) is 2.76. The van der Waals surface area contributed by atoms with Crippen LogP contribution in [-0.4, -0.2) is 44.4 Å². The van der Waals surface area contributed by atoms with Gasteiger partial charge in [0.15, 0.2) is 0 Å². The maximum atomic E-state index is 5.95. The number of rotatable bonds is 1. The van der Waals surface area contributed by atoms with Gasteiger partial charge in [0.2, 0.25) is 0 Å². The van der Waals surface area contributed by atoms with Gasteiger partial charge in [-0.15, -0.1) is 0 Å². The largest absolute Gasteiger partial charge is 0.369 e. The lowest BCUT2D eigenvalue weighted by atomic mass is 10.1. The Morgan fingerprint density at radius 2 is 2.21 bits per heavy atom. The van der Waals surface area contributed by atoms with Crippen molar-refractivity contribution in [2.75, 3.05) is 18.0 Å². The quantitative estimate of drug-likeness (QED) is 0.777. The predicted molar refractivity (Wildman–Crippen MR) is 72.4 cm³/mol. The van der Waals surface area contributed by atoms with Crippen LogP contribution < -0.4 is 4.90 Å². The molecule has 0 amide bonds. The highest BCUT2D eigenvalue weighted by Crippen LogP contribution is 2.26. The van der Waals surface area contributed by atoms with E-state index in [0.29, 0.717) is 5.78 Å². The Morgan fingerprint density at radius 3 is 2.95 bits per heavy atom. The Hall–Kier alpha value is -1.69. The highest BCUT2D eigenvalue weighted by atomic mass is 16.5. The molecular formula is C13H19N5O. The number of fused-ring (bicyclic) bond motifs is 1. The first kappa shape index (κ1) is 12.3. The molecule has 19 heavy (non-hydrogen) atoms. The van der Waals surface area contributed by atoms with E-state index in [-0.39, 0.29) is 11.7 Å². The van der Waals surface area contributed by atoms with Gasteiger partial charge in [0.1, 0.15) is 12.1 Å². The smallest absolute Gasteiger partial charge is 0.254 e. The Labute approximate surface area is 112 Å². The van der Waals surface area contributed by atoms with Crippen molar-refractivity contribution in [2.24, 2.45) is 0 Å². The maximum Gasteiger partial charge on any atom is 0.254 e. The van der Waals surface area contributed by atoms with Crippen molar-refractivity contribution in [1.29, 1.82) is 0 Å². The minimum Gasteiger partial charge on any atom is -0.369 e. The zero-order chi connectivity index (χ0) is 13.6. The summed E-state index contributed by atoms with van der Waals surface area (Å²) in [5.41, 5.74) is 0.786. The summed E-state index contributed by atoms with van der Waals surface area (Å²) in [5, 5.41) is 4.27. The monoisotopic (exact) mass is 261 g/mol. The topological polar surface area (TPSA) is 55.6 Å². The lowest BCUT2D eigenvalue weighted by Gasteiger charge is -2.42. The van der Waals surface area contributed by atoms with Crippen molar-refractivity contribution in [1.82, 2.24) is 19.6 Å². The molecule has 0 saturated carbocycles. The number of ether oxygens (including phenoxy) is 1. The van der Waals surface area contributed by atoms with Gasteiger partial charge >= 0.3 is 0 Å². The first-order valence-electron chi connectivity index (χ1n) is 6.55. The maximum absolute atomic E-state index is 5.95. The highest BCUT2D eigenvalue weighted by molar-refractivity contribution is 5.48. The van der Waals surface area contributed by atoms with E-state index in [1.165, 1.54) is 0 Å². The van der Waals surface area contributed by atoms with Gasteiger partial charge in [0, 0.05) is 24.8 Å². The molecule has 102 valence electrons. The van der Waals surface area contributed by atoms with Gasteiger partial charge in [-0.2, -0.15) is 14.6 Å². The second kappa shape index (κ2) is 4.16. The third kappa shape index (κ3) is 2.28. The second-order valence-corrected chi connectivity index (χ2v) is 5.80. The van der Waals surface area contributed by atoms with Gasteiger partial charge in [0.05, 0.1) is 11.7 Å². The molecule has 1 atom stereocenters. The fraction of sp³-hybridized carbons (Fsp3) is 0.615. The number of hydrogen-bond acceptors (Lipinski definition) is 5. The minimum absolute atomic E-state index is 0.165. The molecule has 0 N–H and O–H groups in total. The van der Waals surface area contributed by atoms with E-state index < -0.39 is 0 Å². The van der Waals surface area contributed by atoms with Crippen LogP contribution in [0.5, 0.6) is 0 Å². The van der Waals surface area contributed by atoms with E-state index in [1.807, 2.05) is 6.92 Å². The number of aromatic nitrogens is 4. The van der Waals surface area contributed by atoms with Crippen molar-refractivity contribution < 1.29 is 4.74 Å². The van der Waals surface area contributed by atoms with Crippen LogP contribution >= 0.6 is 0 Å². The lowest BCUT2D eigenvalue weighted by Crippen LogP contribution is -2.52. The number of anilines is 1. The molecule has 1 aliphatic heterocycles. The summed E-state index contributed by atoms with van der Waals surface area (Å²) in [4.78, 5) is 10.8. The van der Waals surface area contributed by atoms with E-state index in [4.69, 9.17) is 4.74 Å². The van der Waals surface area contributed by atoms with Crippen LogP contribution in [0.2, 0.25) is 0 Å². The molecule has 3 heterocycles. The third-order valence-corrected chi connectivity index (χ3v) is 3.25. The molecule has 1 unspecified atom stereocenters. The molecule has 0 aliphatic carbocycles. The molecule has 1 fully saturated rings. The molecular weight excluding hydrogens is 242 g/mol. The van der Waals surface area contributed by atoms with Crippen molar-refractivity contribution in [2.45, 2.75) is 39.4 Å². The molecule has 2 aromatic rings. The number of nitrogens with zero attached hydrogens (tertiary/aromatic N) is 5. The summed E-state index contributed by atoms with van der Waals surface area (Å²) in [6, 6.07) is 2.05. The zero-order valence-electron chi connectivity index (χ0n) is 11.8. The molecule has 0 radical (unpaired) electrons. The van der Waals surface area contributed by atoms with Crippen LogP contribution in [0.25, 0.3) is 5.78 Å². The average Bonchev–Trinajstić information content (AvgIpc) is 2.72. The first-order valence-corrected chi connectivity index (χ1v) is 6.55.